The first kappa shape index (κ1) is 17.0. The fraction of sp³-hybridized carbons (Fsp3) is 0.286. The minimum absolute atomic E-state index is 0.121. The van der Waals surface area contributed by atoms with Gasteiger partial charge in [0.25, 0.3) is 5.91 Å². The second-order valence-electron chi connectivity index (χ2n) is 4.13. The molecule has 0 aliphatic rings. The summed E-state index contributed by atoms with van der Waals surface area (Å²) < 4.78 is 18.1. The van der Waals surface area contributed by atoms with E-state index in [1.165, 1.54) is 12.1 Å². The Balaban J connectivity index is 2.52. The maximum atomic E-state index is 12.9. The van der Waals surface area contributed by atoms with Crippen LogP contribution in [-0.4, -0.2) is 29.6 Å². The van der Waals surface area contributed by atoms with E-state index in [0.717, 1.165) is 6.07 Å². The van der Waals surface area contributed by atoms with E-state index in [2.05, 4.69) is 5.32 Å². The molecule has 0 spiro atoms. The molecule has 5 nitrogen and oxygen atoms in total. The molecule has 2 N–H and O–H groups in total. The van der Waals surface area contributed by atoms with Crippen molar-refractivity contribution in [2.45, 2.75) is 19.4 Å². The van der Waals surface area contributed by atoms with Crippen molar-refractivity contribution in [2.24, 2.45) is 0 Å². The fourth-order valence-electron chi connectivity index (χ4n) is 1.45. The van der Waals surface area contributed by atoms with E-state index in [1.54, 1.807) is 19.1 Å². The largest absolute Gasteiger partial charge is 0.484 e. The van der Waals surface area contributed by atoms with E-state index >= 15 is 0 Å². The number of carboxylic acids is 1. The third-order valence-electron chi connectivity index (χ3n) is 2.50. The van der Waals surface area contributed by atoms with Crippen LogP contribution in [0.15, 0.2) is 30.4 Å². The summed E-state index contributed by atoms with van der Waals surface area (Å²) >= 11 is 5.57. The van der Waals surface area contributed by atoms with Gasteiger partial charge in [-0.1, -0.05) is 23.8 Å². The number of carboxylic acid groups (broad SMARTS) is 1. The Hall–Kier alpha value is -2.08. The molecule has 1 amide bonds. The minimum atomic E-state index is -1.13. The third kappa shape index (κ3) is 5.83. The highest BCUT2D eigenvalue weighted by molar-refractivity contribution is 6.30. The van der Waals surface area contributed by atoms with Crippen molar-refractivity contribution in [2.75, 3.05) is 6.61 Å². The number of carbonyl (C=O) groups excluding carboxylic acids is 1. The molecule has 1 rings (SSSR count). The SMILES string of the molecule is C/C=C/CC(NC(=O)COc1ccc(F)c(Cl)c1)C(=O)O. The van der Waals surface area contributed by atoms with E-state index in [1.807, 2.05) is 0 Å². The minimum Gasteiger partial charge on any atom is -0.484 e. The topological polar surface area (TPSA) is 75.6 Å². The summed E-state index contributed by atoms with van der Waals surface area (Å²) in [6.45, 7) is 1.36. The summed E-state index contributed by atoms with van der Waals surface area (Å²) in [6, 6.07) is 2.65. The van der Waals surface area contributed by atoms with Crippen molar-refractivity contribution in [1.29, 1.82) is 0 Å². The molecule has 1 unspecified atom stereocenters. The number of amides is 1. The first-order valence-electron chi connectivity index (χ1n) is 6.15. The van der Waals surface area contributed by atoms with Crippen molar-refractivity contribution in [1.82, 2.24) is 5.32 Å². The monoisotopic (exact) mass is 315 g/mol. The summed E-state index contributed by atoms with van der Waals surface area (Å²) in [5, 5.41) is 11.2. The molecule has 0 heterocycles. The lowest BCUT2D eigenvalue weighted by Gasteiger charge is -2.13. The molecule has 0 bridgehead atoms. The molecule has 0 aromatic heterocycles. The molecule has 0 saturated carbocycles. The van der Waals surface area contributed by atoms with Gasteiger partial charge in [0.2, 0.25) is 0 Å². The van der Waals surface area contributed by atoms with Gasteiger partial charge in [-0.25, -0.2) is 9.18 Å². The van der Waals surface area contributed by atoms with Crippen LogP contribution in [0.5, 0.6) is 5.75 Å². The van der Waals surface area contributed by atoms with Gasteiger partial charge in [-0.05, 0) is 25.5 Å². The van der Waals surface area contributed by atoms with Crippen LogP contribution in [0.4, 0.5) is 4.39 Å². The van der Waals surface area contributed by atoms with Gasteiger partial charge in [-0.15, -0.1) is 0 Å². The Bertz CT molecular complexity index is 548. The normalized spacial score (nSPS) is 12.1. The van der Waals surface area contributed by atoms with Crippen molar-refractivity contribution in [3.63, 3.8) is 0 Å². The van der Waals surface area contributed by atoms with Crippen LogP contribution < -0.4 is 10.1 Å². The van der Waals surface area contributed by atoms with E-state index < -0.39 is 23.7 Å². The zero-order valence-electron chi connectivity index (χ0n) is 11.3. The first-order chi connectivity index (χ1) is 9.93. The molecule has 0 aliphatic carbocycles. The lowest BCUT2D eigenvalue weighted by Crippen LogP contribution is -2.42. The second kappa shape index (κ2) is 8.26. The zero-order chi connectivity index (χ0) is 15.8. The quantitative estimate of drug-likeness (QED) is 0.758. The van der Waals surface area contributed by atoms with Crippen LogP contribution in [0.2, 0.25) is 5.02 Å². The Kier molecular flexibility index (Phi) is 6.68. The van der Waals surface area contributed by atoms with Crippen LogP contribution in [-0.2, 0) is 9.59 Å². The number of benzene rings is 1. The van der Waals surface area contributed by atoms with Crippen LogP contribution in [0.1, 0.15) is 13.3 Å². The number of carbonyl (C=O) groups is 2. The van der Waals surface area contributed by atoms with Crippen molar-refractivity contribution in [3.05, 3.63) is 41.2 Å². The Labute approximate surface area is 126 Å². The number of halogens is 2. The molecule has 1 atom stereocenters. The molecular formula is C14H15ClFNO4. The molecule has 1 aromatic rings. The van der Waals surface area contributed by atoms with E-state index in [-0.39, 0.29) is 23.8 Å². The second-order valence-corrected chi connectivity index (χ2v) is 4.53. The Morgan fingerprint density at radius 2 is 2.24 bits per heavy atom. The summed E-state index contributed by atoms with van der Waals surface area (Å²) in [5.74, 6) is -2.10. The third-order valence-corrected chi connectivity index (χ3v) is 2.79. The number of rotatable bonds is 7. The molecule has 0 aliphatic heterocycles. The van der Waals surface area contributed by atoms with Crippen LogP contribution >= 0.6 is 11.6 Å². The van der Waals surface area contributed by atoms with Gasteiger partial charge in [-0.3, -0.25) is 4.79 Å². The molecule has 1 aromatic carbocycles. The highest BCUT2D eigenvalue weighted by Crippen LogP contribution is 2.20. The average molecular weight is 316 g/mol. The molecule has 21 heavy (non-hydrogen) atoms. The zero-order valence-corrected chi connectivity index (χ0v) is 12.1. The number of hydrogen-bond acceptors (Lipinski definition) is 3. The van der Waals surface area contributed by atoms with E-state index in [4.69, 9.17) is 21.4 Å². The van der Waals surface area contributed by atoms with Gasteiger partial charge >= 0.3 is 5.97 Å². The number of aliphatic carboxylic acids is 1. The number of hydrogen-bond donors (Lipinski definition) is 2. The number of ether oxygens (including phenoxy) is 1. The summed E-state index contributed by atoms with van der Waals surface area (Å²) in [6.07, 6.45) is 3.51. The Morgan fingerprint density at radius 1 is 1.52 bits per heavy atom. The summed E-state index contributed by atoms with van der Waals surface area (Å²) in [4.78, 5) is 22.6. The molecule has 0 radical (unpaired) electrons. The first-order valence-corrected chi connectivity index (χ1v) is 6.53. The lowest BCUT2D eigenvalue weighted by atomic mass is 10.2. The lowest BCUT2D eigenvalue weighted by molar-refractivity contribution is -0.142. The van der Waals surface area contributed by atoms with Crippen LogP contribution in [0.3, 0.4) is 0 Å². The average Bonchev–Trinajstić information content (AvgIpc) is 2.44. The van der Waals surface area contributed by atoms with Crippen LogP contribution in [0.25, 0.3) is 0 Å². The van der Waals surface area contributed by atoms with Gasteiger partial charge in [-0.2, -0.15) is 0 Å². The maximum Gasteiger partial charge on any atom is 0.326 e. The van der Waals surface area contributed by atoms with E-state index in [9.17, 15) is 14.0 Å². The van der Waals surface area contributed by atoms with Crippen LogP contribution in [0, 0.1) is 5.82 Å². The van der Waals surface area contributed by atoms with Gasteiger partial charge in [0.05, 0.1) is 5.02 Å². The summed E-state index contributed by atoms with van der Waals surface area (Å²) in [7, 11) is 0. The predicted octanol–water partition coefficient (Wildman–Crippen LogP) is 2.39. The van der Waals surface area contributed by atoms with Gasteiger partial charge in [0.1, 0.15) is 17.6 Å². The van der Waals surface area contributed by atoms with Crippen molar-refractivity contribution < 1.29 is 23.8 Å². The van der Waals surface area contributed by atoms with Gasteiger partial charge < -0.3 is 15.2 Å². The predicted molar refractivity (Wildman–Crippen MR) is 75.9 cm³/mol. The molecule has 7 heteroatoms. The Morgan fingerprint density at radius 3 is 2.81 bits per heavy atom. The standard InChI is InChI=1S/C14H15ClFNO4/c1-2-3-4-12(14(19)20)17-13(18)8-21-9-5-6-11(16)10(15)7-9/h2-3,5-7,12H,4,8H2,1H3,(H,17,18)(H,19,20)/b3-2+. The highest BCUT2D eigenvalue weighted by Gasteiger charge is 2.18. The maximum absolute atomic E-state index is 12.9. The van der Waals surface area contributed by atoms with Crippen molar-refractivity contribution >= 4 is 23.5 Å². The van der Waals surface area contributed by atoms with Gasteiger partial charge in [0.15, 0.2) is 6.61 Å². The number of allylic oxidation sites excluding steroid dienone is 1. The molecule has 0 fully saturated rings. The van der Waals surface area contributed by atoms with E-state index in [0.29, 0.717) is 0 Å². The molecular weight excluding hydrogens is 301 g/mol. The highest BCUT2D eigenvalue weighted by atomic mass is 35.5. The number of nitrogens with one attached hydrogen (secondary N) is 1. The fourth-order valence-corrected chi connectivity index (χ4v) is 1.62. The summed E-state index contributed by atoms with van der Waals surface area (Å²) in [5.41, 5.74) is 0. The van der Waals surface area contributed by atoms with Gasteiger partial charge in [0, 0.05) is 6.07 Å². The molecule has 0 saturated heterocycles. The van der Waals surface area contributed by atoms with Crippen molar-refractivity contribution in [3.8, 4) is 5.75 Å². The smallest absolute Gasteiger partial charge is 0.326 e. The molecule has 114 valence electrons.